The number of hydrogen-bond donors (Lipinski definition) is 2. The van der Waals surface area contributed by atoms with E-state index in [1.165, 1.54) is 0 Å². The van der Waals surface area contributed by atoms with Crippen molar-refractivity contribution in [3.8, 4) is 0 Å². The van der Waals surface area contributed by atoms with Crippen molar-refractivity contribution >= 4 is 17.6 Å². The first kappa shape index (κ1) is 11.2. The van der Waals surface area contributed by atoms with E-state index in [1.54, 1.807) is 32.0 Å². The number of aromatic nitrogens is 2. The molecular weight excluding hydrogens is 196 g/mol. The largest absolute Gasteiger partial charge is 0.480 e. The van der Waals surface area contributed by atoms with E-state index in [4.69, 9.17) is 5.11 Å². The molecule has 0 amide bonds. The van der Waals surface area contributed by atoms with Gasteiger partial charge in [-0.1, -0.05) is 0 Å². The fraction of sp³-hybridized carbons (Fsp3) is 0.444. The molecule has 0 aliphatic carbocycles. The monoisotopic (exact) mass is 210 g/mol. The van der Waals surface area contributed by atoms with Crippen molar-refractivity contribution < 1.29 is 9.90 Å². The first-order valence-electron chi connectivity index (χ1n) is 4.49. The van der Waals surface area contributed by atoms with Crippen molar-refractivity contribution in [2.24, 2.45) is 0 Å². The van der Waals surface area contributed by atoms with Crippen LogP contribution in [0.3, 0.4) is 0 Å². The Hall–Kier alpha value is -1.85. The highest BCUT2D eigenvalue weighted by molar-refractivity contribution is 5.73. The Bertz CT molecular complexity index is 367. The van der Waals surface area contributed by atoms with Gasteiger partial charge in [-0.15, -0.1) is 0 Å². The van der Waals surface area contributed by atoms with Crippen LogP contribution < -0.4 is 10.2 Å². The zero-order valence-corrected chi connectivity index (χ0v) is 8.98. The van der Waals surface area contributed by atoms with Gasteiger partial charge < -0.3 is 15.3 Å². The summed E-state index contributed by atoms with van der Waals surface area (Å²) in [6.07, 6.45) is 0. The van der Waals surface area contributed by atoms with Crippen LogP contribution in [-0.2, 0) is 4.79 Å². The second kappa shape index (κ2) is 4.59. The summed E-state index contributed by atoms with van der Waals surface area (Å²) in [5.74, 6) is 0.984. The number of nitrogens with zero attached hydrogens (tertiary/aromatic N) is 3. The van der Waals surface area contributed by atoms with E-state index in [2.05, 4.69) is 15.3 Å². The van der Waals surface area contributed by atoms with Gasteiger partial charge in [0.1, 0.15) is 24.0 Å². The molecular formula is C9H14N4O2. The van der Waals surface area contributed by atoms with Gasteiger partial charge in [-0.3, -0.25) is 4.79 Å². The number of anilines is 2. The van der Waals surface area contributed by atoms with Crippen LogP contribution in [0.2, 0.25) is 0 Å². The van der Waals surface area contributed by atoms with Crippen molar-refractivity contribution in [3.63, 3.8) is 0 Å². The summed E-state index contributed by atoms with van der Waals surface area (Å²) < 4.78 is 0. The minimum absolute atomic E-state index is 0.0837. The van der Waals surface area contributed by atoms with E-state index in [9.17, 15) is 4.79 Å². The maximum absolute atomic E-state index is 10.5. The summed E-state index contributed by atoms with van der Waals surface area (Å²) in [6.45, 7) is 1.68. The van der Waals surface area contributed by atoms with Crippen molar-refractivity contribution in [2.75, 3.05) is 30.9 Å². The smallest absolute Gasteiger partial charge is 0.323 e. The highest BCUT2D eigenvalue weighted by Crippen LogP contribution is 2.13. The zero-order chi connectivity index (χ0) is 11.4. The lowest BCUT2D eigenvalue weighted by atomic mass is 10.4. The summed E-state index contributed by atoms with van der Waals surface area (Å²) in [5, 5.41) is 11.5. The lowest BCUT2D eigenvalue weighted by Crippen LogP contribution is -2.26. The second-order valence-corrected chi connectivity index (χ2v) is 3.16. The molecule has 2 N–H and O–H groups in total. The first-order valence-corrected chi connectivity index (χ1v) is 4.49. The summed E-state index contributed by atoms with van der Waals surface area (Å²) in [5.41, 5.74) is 0. The fourth-order valence-corrected chi connectivity index (χ4v) is 1.16. The van der Waals surface area contributed by atoms with Gasteiger partial charge in [0.25, 0.3) is 0 Å². The molecule has 0 aliphatic heterocycles. The molecule has 0 aromatic carbocycles. The van der Waals surface area contributed by atoms with Crippen LogP contribution in [0, 0.1) is 6.92 Å². The molecule has 0 fully saturated rings. The summed E-state index contributed by atoms with van der Waals surface area (Å²) in [4.78, 5) is 20.3. The van der Waals surface area contributed by atoms with Crippen LogP contribution in [0.4, 0.5) is 11.6 Å². The summed E-state index contributed by atoms with van der Waals surface area (Å²) >= 11 is 0. The Morgan fingerprint density at radius 1 is 1.60 bits per heavy atom. The SMILES string of the molecule is CNc1cc(N(C)CC(=O)O)nc(C)n1. The minimum atomic E-state index is -0.889. The molecule has 15 heavy (non-hydrogen) atoms. The molecule has 82 valence electrons. The van der Waals surface area contributed by atoms with Crippen molar-refractivity contribution in [1.82, 2.24) is 9.97 Å². The molecule has 6 heteroatoms. The van der Waals surface area contributed by atoms with Crippen LogP contribution in [-0.4, -0.2) is 41.7 Å². The molecule has 6 nitrogen and oxygen atoms in total. The van der Waals surface area contributed by atoms with Crippen LogP contribution in [0.5, 0.6) is 0 Å². The molecule has 0 spiro atoms. The molecule has 1 aromatic heterocycles. The predicted molar refractivity (Wildman–Crippen MR) is 57.2 cm³/mol. The zero-order valence-electron chi connectivity index (χ0n) is 8.98. The molecule has 0 saturated carbocycles. The number of aliphatic carboxylic acids is 1. The molecule has 0 bridgehead atoms. The Balaban J connectivity index is 2.92. The number of hydrogen-bond acceptors (Lipinski definition) is 5. The van der Waals surface area contributed by atoms with Crippen LogP contribution in [0.1, 0.15) is 5.82 Å². The van der Waals surface area contributed by atoms with Crippen molar-refractivity contribution in [3.05, 3.63) is 11.9 Å². The number of rotatable bonds is 4. The Morgan fingerprint density at radius 2 is 2.27 bits per heavy atom. The number of carboxylic acid groups (broad SMARTS) is 1. The third-order valence-corrected chi connectivity index (χ3v) is 1.84. The van der Waals surface area contributed by atoms with E-state index in [0.717, 1.165) is 0 Å². The molecule has 0 atom stereocenters. The number of likely N-dealkylation sites (N-methyl/N-ethyl adjacent to an activating group) is 1. The van der Waals surface area contributed by atoms with E-state index >= 15 is 0 Å². The number of carbonyl (C=O) groups is 1. The molecule has 0 unspecified atom stereocenters. The Labute approximate surface area is 88.0 Å². The van der Waals surface area contributed by atoms with Gasteiger partial charge in [-0.2, -0.15) is 0 Å². The molecule has 1 rings (SSSR count). The maximum atomic E-state index is 10.5. The summed E-state index contributed by atoms with van der Waals surface area (Å²) in [7, 11) is 3.43. The van der Waals surface area contributed by atoms with Gasteiger partial charge >= 0.3 is 5.97 Å². The van der Waals surface area contributed by atoms with Crippen molar-refractivity contribution in [2.45, 2.75) is 6.92 Å². The van der Waals surface area contributed by atoms with E-state index < -0.39 is 5.97 Å². The second-order valence-electron chi connectivity index (χ2n) is 3.16. The number of aryl methyl sites for hydroxylation is 1. The van der Waals surface area contributed by atoms with Gasteiger partial charge in [0, 0.05) is 20.2 Å². The van der Waals surface area contributed by atoms with Crippen LogP contribution in [0.25, 0.3) is 0 Å². The third kappa shape index (κ3) is 3.08. The Kier molecular flexibility index (Phi) is 3.43. The third-order valence-electron chi connectivity index (χ3n) is 1.84. The highest BCUT2D eigenvalue weighted by Gasteiger charge is 2.08. The minimum Gasteiger partial charge on any atom is -0.480 e. The average Bonchev–Trinajstić information content (AvgIpc) is 2.15. The van der Waals surface area contributed by atoms with Gasteiger partial charge in [0.15, 0.2) is 0 Å². The lowest BCUT2D eigenvalue weighted by Gasteiger charge is -2.16. The Morgan fingerprint density at radius 3 is 2.80 bits per heavy atom. The van der Waals surface area contributed by atoms with Crippen molar-refractivity contribution in [1.29, 1.82) is 0 Å². The van der Waals surface area contributed by atoms with Gasteiger partial charge in [0.05, 0.1) is 0 Å². The van der Waals surface area contributed by atoms with Crippen LogP contribution in [0.15, 0.2) is 6.07 Å². The molecule has 0 saturated heterocycles. The van der Waals surface area contributed by atoms with E-state index in [0.29, 0.717) is 17.5 Å². The molecule has 1 aromatic rings. The predicted octanol–water partition coefficient (Wildman–Crippen LogP) is 0.348. The molecule has 1 heterocycles. The number of nitrogens with one attached hydrogen (secondary N) is 1. The molecule has 0 aliphatic rings. The highest BCUT2D eigenvalue weighted by atomic mass is 16.4. The maximum Gasteiger partial charge on any atom is 0.323 e. The average molecular weight is 210 g/mol. The van der Waals surface area contributed by atoms with Gasteiger partial charge in [0.2, 0.25) is 0 Å². The first-order chi connectivity index (χ1) is 7.02. The quantitative estimate of drug-likeness (QED) is 0.746. The normalized spacial score (nSPS) is 9.80. The standard InChI is InChI=1S/C9H14N4O2/c1-6-11-7(10-2)4-8(12-6)13(3)5-9(14)15/h4H,5H2,1-3H3,(H,14,15)(H,10,11,12). The molecule has 0 radical (unpaired) electrons. The van der Waals surface area contributed by atoms with Crippen LogP contribution >= 0.6 is 0 Å². The fourth-order valence-electron chi connectivity index (χ4n) is 1.16. The van der Waals surface area contributed by atoms with E-state index in [-0.39, 0.29) is 6.54 Å². The topological polar surface area (TPSA) is 78.4 Å². The van der Waals surface area contributed by atoms with Gasteiger partial charge in [-0.05, 0) is 6.92 Å². The van der Waals surface area contributed by atoms with E-state index in [1.807, 2.05) is 0 Å². The van der Waals surface area contributed by atoms with Gasteiger partial charge in [-0.25, -0.2) is 9.97 Å². The number of carboxylic acids is 1. The summed E-state index contributed by atoms with van der Waals surface area (Å²) in [6, 6.07) is 1.70. The lowest BCUT2D eigenvalue weighted by molar-refractivity contribution is -0.135.